The van der Waals surface area contributed by atoms with E-state index in [0.29, 0.717) is 25.9 Å². The summed E-state index contributed by atoms with van der Waals surface area (Å²) >= 11 is 1.97. The van der Waals surface area contributed by atoms with Gasteiger partial charge in [-0.2, -0.15) is 0 Å². The summed E-state index contributed by atoms with van der Waals surface area (Å²) in [5.41, 5.74) is 2.22. The van der Waals surface area contributed by atoms with Gasteiger partial charge in [-0.05, 0) is 78.1 Å². The smallest absolute Gasteiger partial charge is 0.271 e. The second kappa shape index (κ2) is 9.75. The molecule has 2 aromatic carbocycles. The van der Waals surface area contributed by atoms with E-state index >= 15 is 0 Å². The topological polar surface area (TPSA) is 144 Å². The van der Waals surface area contributed by atoms with Gasteiger partial charge in [0.05, 0.1) is 33.1 Å². The Hall–Kier alpha value is -4.13. The summed E-state index contributed by atoms with van der Waals surface area (Å²) in [6.45, 7) is 1.59. The first-order valence-corrected chi connectivity index (χ1v) is 14.0. The summed E-state index contributed by atoms with van der Waals surface area (Å²) in [7, 11) is 1.42. The molecule has 0 aromatic heterocycles. The van der Waals surface area contributed by atoms with Gasteiger partial charge in [-0.1, -0.05) is 17.7 Å². The number of carbonyl (C=O) groups is 4. The number of hydrogen-bond donors (Lipinski definition) is 1. The summed E-state index contributed by atoms with van der Waals surface area (Å²) < 4.78 is 5.87. The minimum absolute atomic E-state index is 0.0533. The summed E-state index contributed by atoms with van der Waals surface area (Å²) in [5.74, 6) is -4.13. The lowest BCUT2D eigenvalue weighted by atomic mass is 9.59. The van der Waals surface area contributed by atoms with Gasteiger partial charge in [0.1, 0.15) is 0 Å². The zero-order valence-electron chi connectivity index (χ0n) is 21.9. The molecule has 0 unspecified atom stereocenters. The fourth-order valence-electron chi connectivity index (χ4n) is 6.66. The Morgan fingerprint density at radius 3 is 2.56 bits per heavy atom. The molecular formula is C30H23IN2O8. The molecule has 1 heterocycles. The largest absolute Gasteiger partial charge is 0.504 e. The molecule has 1 saturated heterocycles. The Labute approximate surface area is 247 Å². The first-order valence-electron chi connectivity index (χ1n) is 12.9. The Morgan fingerprint density at radius 2 is 1.85 bits per heavy atom. The second-order valence-electron chi connectivity index (χ2n) is 10.6. The highest BCUT2D eigenvalue weighted by Crippen LogP contribution is 2.56. The standard InChI is InChI=1S/C30H23IN2O8/c1-13-8-22(34)20-12-19-17(24(26(20)27(13)35)14-9-21(31)28(36)23(10-14)41-2)6-7-18-25(19)30(38)32(29(18)37)15-4-3-5-16(11-15)33(39)40/h3-6,8-11,18-19,24-25,36H,7,12H2,1-2H3/t18-,19+,24-,25-/m0/s1. The molecular weight excluding hydrogens is 643 g/mol. The van der Waals surface area contributed by atoms with Gasteiger partial charge in [-0.25, -0.2) is 4.90 Å². The zero-order valence-corrected chi connectivity index (χ0v) is 24.1. The van der Waals surface area contributed by atoms with Crippen LogP contribution in [0.15, 0.2) is 70.8 Å². The van der Waals surface area contributed by atoms with Crippen molar-refractivity contribution in [3.63, 3.8) is 0 Å². The lowest BCUT2D eigenvalue weighted by Gasteiger charge is -2.42. The molecule has 1 aliphatic heterocycles. The van der Waals surface area contributed by atoms with Crippen LogP contribution >= 0.6 is 22.6 Å². The van der Waals surface area contributed by atoms with Crippen LogP contribution in [0.2, 0.25) is 0 Å². The van der Waals surface area contributed by atoms with Gasteiger partial charge in [0, 0.05) is 34.8 Å². The molecule has 1 N–H and O–H groups in total. The van der Waals surface area contributed by atoms with Crippen LogP contribution in [-0.4, -0.2) is 40.5 Å². The van der Waals surface area contributed by atoms with Crippen molar-refractivity contribution in [1.29, 1.82) is 0 Å². The van der Waals surface area contributed by atoms with Crippen molar-refractivity contribution in [2.24, 2.45) is 17.8 Å². The number of phenols is 1. The number of ether oxygens (including phenoxy) is 1. The number of anilines is 1. The molecule has 6 rings (SSSR count). The Balaban J connectivity index is 1.49. The molecule has 10 nitrogen and oxygen atoms in total. The molecule has 1 fully saturated rings. The number of Topliss-reactive ketones (excluding diaryl/α,β-unsaturated/α-hetero) is 1. The fraction of sp³-hybridized carbons (Fsp3) is 0.267. The number of amides is 2. The molecule has 11 heteroatoms. The molecule has 4 atom stereocenters. The SMILES string of the molecule is COc1cc([C@H]2C3=CC[C@@H]4C(=O)N(c5cccc([N+](=O)[O-])c5)C(=O)[C@@H]4[C@@H]3CC3=C2C(=O)C(C)=CC3=O)cc(I)c1O. The number of nitro benzene ring substituents is 1. The molecule has 0 saturated carbocycles. The highest BCUT2D eigenvalue weighted by atomic mass is 127. The normalized spacial score (nSPS) is 25.4. The van der Waals surface area contributed by atoms with E-state index in [2.05, 4.69) is 0 Å². The molecule has 0 radical (unpaired) electrons. The number of imide groups is 1. The van der Waals surface area contributed by atoms with E-state index in [4.69, 9.17) is 4.74 Å². The number of rotatable bonds is 4. The summed E-state index contributed by atoms with van der Waals surface area (Å²) in [6.07, 6.45) is 3.54. The van der Waals surface area contributed by atoms with Crippen LogP contribution in [0.3, 0.4) is 0 Å². The third kappa shape index (κ3) is 4.04. The van der Waals surface area contributed by atoms with E-state index in [-0.39, 0.29) is 47.3 Å². The van der Waals surface area contributed by atoms with E-state index < -0.39 is 40.4 Å². The number of non-ortho nitro benzene ring substituents is 1. The second-order valence-corrected chi connectivity index (χ2v) is 11.7. The Bertz CT molecular complexity index is 1700. The highest BCUT2D eigenvalue weighted by molar-refractivity contribution is 14.1. The molecule has 3 aliphatic carbocycles. The van der Waals surface area contributed by atoms with Crippen molar-refractivity contribution in [2.45, 2.75) is 25.7 Å². The van der Waals surface area contributed by atoms with Gasteiger partial charge in [-0.15, -0.1) is 0 Å². The van der Waals surface area contributed by atoms with Crippen molar-refractivity contribution in [1.82, 2.24) is 0 Å². The van der Waals surface area contributed by atoms with Crippen LogP contribution in [0.25, 0.3) is 0 Å². The number of allylic oxidation sites excluding steroid dienone is 6. The minimum atomic E-state index is -0.814. The van der Waals surface area contributed by atoms with Crippen molar-refractivity contribution >= 4 is 57.3 Å². The quantitative estimate of drug-likeness (QED) is 0.125. The average Bonchev–Trinajstić information content (AvgIpc) is 3.21. The van der Waals surface area contributed by atoms with Crippen LogP contribution in [-0.2, 0) is 19.2 Å². The van der Waals surface area contributed by atoms with E-state index in [0.717, 1.165) is 10.5 Å². The molecule has 2 amide bonds. The van der Waals surface area contributed by atoms with Crippen LogP contribution < -0.4 is 9.64 Å². The number of hydrogen-bond acceptors (Lipinski definition) is 8. The summed E-state index contributed by atoms with van der Waals surface area (Å²) in [4.78, 5) is 66.2. The number of benzene rings is 2. The van der Waals surface area contributed by atoms with Crippen LogP contribution in [0.4, 0.5) is 11.4 Å². The van der Waals surface area contributed by atoms with Gasteiger partial charge < -0.3 is 9.84 Å². The zero-order chi connectivity index (χ0) is 29.3. The summed E-state index contributed by atoms with van der Waals surface area (Å²) in [6, 6.07) is 8.76. The maximum absolute atomic E-state index is 14.0. The number of phenolic OH excluding ortho intramolecular Hbond substituents is 1. The van der Waals surface area contributed by atoms with E-state index in [1.807, 2.05) is 28.7 Å². The monoisotopic (exact) mass is 666 g/mol. The molecule has 41 heavy (non-hydrogen) atoms. The number of halogens is 1. The third-order valence-electron chi connectivity index (χ3n) is 8.47. The number of nitro groups is 1. The lowest BCUT2D eigenvalue weighted by Crippen LogP contribution is -2.39. The van der Waals surface area contributed by atoms with Crippen molar-refractivity contribution in [3.05, 3.63) is 90.1 Å². The van der Waals surface area contributed by atoms with E-state index in [9.17, 15) is 34.4 Å². The summed E-state index contributed by atoms with van der Waals surface area (Å²) in [5, 5.41) is 21.8. The van der Waals surface area contributed by atoms with Crippen LogP contribution in [0.5, 0.6) is 11.5 Å². The number of fused-ring (bicyclic) bond motifs is 3. The first-order chi connectivity index (χ1) is 19.5. The predicted octanol–water partition coefficient (Wildman–Crippen LogP) is 4.55. The predicted molar refractivity (Wildman–Crippen MR) is 154 cm³/mol. The maximum Gasteiger partial charge on any atom is 0.271 e. The molecule has 2 aromatic rings. The lowest BCUT2D eigenvalue weighted by molar-refractivity contribution is -0.384. The molecule has 0 spiro atoms. The highest BCUT2D eigenvalue weighted by Gasteiger charge is 2.56. The van der Waals surface area contributed by atoms with E-state index in [1.54, 1.807) is 19.1 Å². The van der Waals surface area contributed by atoms with Gasteiger partial charge in [-0.3, -0.25) is 29.3 Å². The molecule has 0 bridgehead atoms. The number of nitrogens with zero attached hydrogens (tertiary/aromatic N) is 2. The van der Waals surface area contributed by atoms with Gasteiger partial charge in [0.15, 0.2) is 23.1 Å². The number of carbonyl (C=O) groups excluding carboxylic acids is 4. The molecule has 208 valence electrons. The average molecular weight is 666 g/mol. The Kier molecular flexibility index (Phi) is 6.44. The fourth-order valence-corrected chi connectivity index (χ4v) is 7.28. The maximum atomic E-state index is 14.0. The van der Waals surface area contributed by atoms with E-state index in [1.165, 1.54) is 37.5 Å². The van der Waals surface area contributed by atoms with Gasteiger partial charge in [0.25, 0.3) is 5.69 Å². The first kappa shape index (κ1) is 27.1. The van der Waals surface area contributed by atoms with Crippen LogP contribution in [0.1, 0.15) is 31.2 Å². The number of ketones is 2. The van der Waals surface area contributed by atoms with Crippen LogP contribution in [0, 0.1) is 31.4 Å². The molecule has 4 aliphatic rings. The van der Waals surface area contributed by atoms with Crippen molar-refractivity contribution in [2.75, 3.05) is 12.0 Å². The Morgan fingerprint density at radius 1 is 1.10 bits per heavy atom. The minimum Gasteiger partial charge on any atom is -0.504 e. The van der Waals surface area contributed by atoms with Gasteiger partial charge in [0.2, 0.25) is 11.8 Å². The van der Waals surface area contributed by atoms with Gasteiger partial charge >= 0.3 is 0 Å². The number of methoxy groups -OCH3 is 1. The third-order valence-corrected chi connectivity index (χ3v) is 9.29. The van der Waals surface area contributed by atoms with Crippen molar-refractivity contribution in [3.8, 4) is 11.5 Å². The number of aromatic hydroxyl groups is 1. The van der Waals surface area contributed by atoms with Crippen molar-refractivity contribution < 1.29 is 33.9 Å².